The number of hydrogen-bond acceptors (Lipinski definition) is 1. The highest BCUT2D eigenvalue weighted by Gasteiger charge is 2.45. The first-order valence-corrected chi connectivity index (χ1v) is 4.59. The molecule has 1 heterocycles. The van der Waals surface area contributed by atoms with Crippen molar-refractivity contribution >= 4 is 0 Å². The van der Waals surface area contributed by atoms with Gasteiger partial charge in [-0.05, 0) is 25.8 Å². The summed E-state index contributed by atoms with van der Waals surface area (Å²) in [7, 11) is 2.23. The Labute approximate surface area is 69.1 Å². The Bertz CT molecular complexity index is 176. The second kappa shape index (κ2) is 2.34. The SMILES string of the molecule is C=C[C@@]12CCC[C@@H]1CN(C)C2. The summed E-state index contributed by atoms with van der Waals surface area (Å²) in [6, 6.07) is 0. The maximum Gasteiger partial charge on any atom is 0.00728 e. The Morgan fingerprint density at radius 3 is 3.09 bits per heavy atom. The summed E-state index contributed by atoms with van der Waals surface area (Å²) < 4.78 is 0. The Kier molecular flexibility index (Phi) is 1.57. The molecule has 0 aromatic heterocycles. The van der Waals surface area contributed by atoms with Crippen molar-refractivity contribution in [3.8, 4) is 0 Å². The van der Waals surface area contributed by atoms with E-state index in [2.05, 4.69) is 24.6 Å². The lowest BCUT2D eigenvalue weighted by molar-refractivity contribution is 0.333. The van der Waals surface area contributed by atoms with Crippen molar-refractivity contribution in [2.24, 2.45) is 11.3 Å². The molecule has 0 radical (unpaired) electrons. The molecule has 0 aromatic rings. The van der Waals surface area contributed by atoms with Gasteiger partial charge in [-0.25, -0.2) is 0 Å². The fourth-order valence-electron chi connectivity index (χ4n) is 2.93. The third-order valence-electron chi connectivity index (χ3n) is 3.51. The number of rotatable bonds is 1. The average Bonchev–Trinajstić information content (AvgIpc) is 2.43. The van der Waals surface area contributed by atoms with Crippen LogP contribution >= 0.6 is 0 Å². The number of nitrogens with zero attached hydrogens (tertiary/aromatic N) is 1. The van der Waals surface area contributed by atoms with Gasteiger partial charge < -0.3 is 4.90 Å². The van der Waals surface area contributed by atoms with Crippen LogP contribution in [0.4, 0.5) is 0 Å². The van der Waals surface area contributed by atoms with E-state index >= 15 is 0 Å². The predicted molar refractivity (Wildman–Crippen MR) is 47.5 cm³/mol. The Morgan fingerprint density at radius 2 is 2.45 bits per heavy atom. The fraction of sp³-hybridized carbons (Fsp3) is 0.800. The summed E-state index contributed by atoms with van der Waals surface area (Å²) in [6.07, 6.45) is 6.44. The van der Waals surface area contributed by atoms with Crippen molar-refractivity contribution in [1.29, 1.82) is 0 Å². The highest BCUT2D eigenvalue weighted by molar-refractivity contribution is 5.08. The van der Waals surface area contributed by atoms with Crippen molar-refractivity contribution in [2.45, 2.75) is 19.3 Å². The topological polar surface area (TPSA) is 3.24 Å². The van der Waals surface area contributed by atoms with Crippen LogP contribution in [0.15, 0.2) is 12.7 Å². The zero-order valence-corrected chi connectivity index (χ0v) is 7.34. The third-order valence-corrected chi connectivity index (χ3v) is 3.51. The Balaban J connectivity index is 2.21. The van der Waals surface area contributed by atoms with Crippen molar-refractivity contribution in [3.05, 3.63) is 12.7 Å². The van der Waals surface area contributed by atoms with Crippen molar-refractivity contribution < 1.29 is 0 Å². The van der Waals surface area contributed by atoms with Crippen LogP contribution in [0, 0.1) is 11.3 Å². The molecule has 1 aliphatic carbocycles. The highest BCUT2D eigenvalue weighted by Crippen LogP contribution is 2.48. The van der Waals surface area contributed by atoms with Crippen molar-refractivity contribution in [2.75, 3.05) is 20.1 Å². The predicted octanol–water partition coefficient (Wildman–Crippen LogP) is 1.90. The minimum atomic E-state index is 0.509. The largest absolute Gasteiger partial charge is 0.305 e. The first-order chi connectivity index (χ1) is 5.27. The molecule has 2 fully saturated rings. The van der Waals surface area contributed by atoms with Crippen LogP contribution in [0.2, 0.25) is 0 Å². The smallest absolute Gasteiger partial charge is 0.00728 e. The maximum absolute atomic E-state index is 3.98. The third kappa shape index (κ3) is 0.943. The van der Waals surface area contributed by atoms with Crippen LogP contribution in [-0.4, -0.2) is 25.0 Å². The molecule has 2 rings (SSSR count). The van der Waals surface area contributed by atoms with Crippen LogP contribution in [0.1, 0.15) is 19.3 Å². The van der Waals surface area contributed by atoms with Crippen molar-refractivity contribution in [3.63, 3.8) is 0 Å². The van der Waals surface area contributed by atoms with Gasteiger partial charge in [0.15, 0.2) is 0 Å². The molecule has 0 N–H and O–H groups in total. The number of likely N-dealkylation sites (tertiary alicyclic amines) is 1. The van der Waals surface area contributed by atoms with Gasteiger partial charge in [-0.1, -0.05) is 12.5 Å². The van der Waals surface area contributed by atoms with Gasteiger partial charge in [0.2, 0.25) is 0 Å². The van der Waals surface area contributed by atoms with Gasteiger partial charge in [0.05, 0.1) is 0 Å². The van der Waals surface area contributed by atoms with Crippen LogP contribution in [-0.2, 0) is 0 Å². The molecule has 1 heteroatoms. The molecule has 2 atom stereocenters. The maximum atomic E-state index is 3.98. The van der Waals surface area contributed by atoms with Crippen LogP contribution in [0.5, 0.6) is 0 Å². The molecule has 0 bridgehead atoms. The van der Waals surface area contributed by atoms with Crippen LogP contribution < -0.4 is 0 Å². The molecule has 0 spiro atoms. The normalized spacial score (nSPS) is 44.3. The zero-order chi connectivity index (χ0) is 7.90. The monoisotopic (exact) mass is 151 g/mol. The lowest BCUT2D eigenvalue weighted by atomic mass is 9.81. The van der Waals surface area contributed by atoms with E-state index in [4.69, 9.17) is 0 Å². The molecule has 2 aliphatic rings. The van der Waals surface area contributed by atoms with E-state index in [1.165, 1.54) is 32.4 Å². The van der Waals surface area contributed by atoms with Crippen LogP contribution in [0.25, 0.3) is 0 Å². The highest BCUT2D eigenvalue weighted by atomic mass is 15.1. The van der Waals surface area contributed by atoms with Gasteiger partial charge in [-0.15, -0.1) is 6.58 Å². The molecule has 1 aliphatic heterocycles. The summed E-state index contributed by atoms with van der Waals surface area (Å²) in [5, 5.41) is 0. The van der Waals surface area contributed by atoms with E-state index in [0.717, 1.165) is 5.92 Å². The summed E-state index contributed by atoms with van der Waals surface area (Å²) >= 11 is 0. The van der Waals surface area contributed by atoms with Gasteiger partial charge >= 0.3 is 0 Å². The van der Waals surface area contributed by atoms with E-state index < -0.39 is 0 Å². The fourth-order valence-corrected chi connectivity index (χ4v) is 2.93. The summed E-state index contributed by atoms with van der Waals surface area (Å²) in [4.78, 5) is 2.45. The first kappa shape index (κ1) is 7.35. The van der Waals surface area contributed by atoms with Crippen molar-refractivity contribution in [1.82, 2.24) is 4.90 Å². The standard InChI is InChI=1S/C10H17N/c1-3-10-6-4-5-9(10)7-11(2)8-10/h3,9H,1,4-8H2,2H3/t9-,10+/m1/s1. The quantitative estimate of drug-likeness (QED) is 0.517. The van der Waals surface area contributed by atoms with E-state index in [-0.39, 0.29) is 0 Å². The van der Waals surface area contributed by atoms with E-state index in [0.29, 0.717) is 5.41 Å². The van der Waals surface area contributed by atoms with E-state index in [1.807, 2.05) is 0 Å². The first-order valence-electron chi connectivity index (χ1n) is 4.59. The van der Waals surface area contributed by atoms with Gasteiger partial charge in [0.25, 0.3) is 0 Å². The van der Waals surface area contributed by atoms with E-state index in [9.17, 15) is 0 Å². The Hall–Kier alpha value is -0.300. The molecular weight excluding hydrogens is 134 g/mol. The summed E-state index contributed by atoms with van der Waals surface area (Å²) in [5.41, 5.74) is 0.509. The lowest BCUT2D eigenvalue weighted by Crippen LogP contribution is -2.22. The average molecular weight is 151 g/mol. The Morgan fingerprint density at radius 1 is 1.64 bits per heavy atom. The number of hydrogen-bond donors (Lipinski definition) is 0. The summed E-state index contributed by atoms with van der Waals surface area (Å²) in [6.45, 7) is 6.53. The summed E-state index contributed by atoms with van der Waals surface area (Å²) in [5.74, 6) is 0.921. The van der Waals surface area contributed by atoms with Gasteiger partial charge in [0, 0.05) is 18.5 Å². The molecule has 1 saturated carbocycles. The molecule has 62 valence electrons. The van der Waals surface area contributed by atoms with Gasteiger partial charge in [0.1, 0.15) is 0 Å². The lowest BCUT2D eigenvalue weighted by Gasteiger charge is -2.23. The molecule has 11 heavy (non-hydrogen) atoms. The number of fused-ring (bicyclic) bond motifs is 1. The second-order valence-corrected chi connectivity index (χ2v) is 4.22. The molecule has 0 aromatic carbocycles. The molecular formula is C10H17N. The minimum absolute atomic E-state index is 0.509. The molecule has 1 nitrogen and oxygen atoms in total. The minimum Gasteiger partial charge on any atom is -0.305 e. The molecule has 0 amide bonds. The van der Waals surface area contributed by atoms with Gasteiger partial charge in [-0.3, -0.25) is 0 Å². The zero-order valence-electron chi connectivity index (χ0n) is 7.34. The van der Waals surface area contributed by atoms with E-state index in [1.54, 1.807) is 0 Å². The molecule has 0 unspecified atom stereocenters. The van der Waals surface area contributed by atoms with Crippen LogP contribution in [0.3, 0.4) is 0 Å². The van der Waals surface area contributed by atoms with Gasteiger partial charge in [-0.2, -0.15) is 0 Å². The molecule has 1 saturated heterocycles. The second-order valence-electron chi connectivity index (χ2n) is 4.22.